The molecular weight excluding hydrogens is 480 g/mol. The Morgan fingerprint density at radius 2 is 2.00 bits per heavy atom. The minimum atomic E-state index is 0.267. The Balaban J connectivity index is 1.24. The molecule has 9 nitrogen and oxygen atoms in total. The maximum atomic E-state index is 7.98. The van der Waals surface area contributed by atoms with Crippen LogP contribution in [0.1, 0.15) is 42.7 Å². The lowest BCUT2D eigenvalue weighted by molar-refractivity contribution is 0.0988. The zero-order valence-corrected chi connectivity index (χ0v) is 21.3. The minimum absolute atomic E-state index is 0.267. The quantitative estimate of drug-likeness (QED) is 0.540. The molecule has 10 heteroatoms. The van der Waals surface area contributed by atoms with Crippen LogP contribution >= 0.6 is 11.6 Å². The van der Waals surface area contributed by atoms with Crippen LogP contribution in [0, 0.1) is 5.41 Å². The first kappa shape index (κ1) is 23.9. The summed E-state index contributed by atoms with van der Waals surface area (Å²) in [5.41, 5.74) is 2.66. The summed E-state index contributed by atoms with van der Waals surface area (Å²) in [6, 6.07) is 7.14. The van der Waals surface area contributed by atoms with E-state index in [1.54, 1.807) is 7.11 Å². The van der Waals surface area contributed by atoms with Crippen LogP contribution in [0.2, 0.25) is 5.02 Å². The third-order valence-electron chi connectivity index (χ3n) is 8.05. The third-order valence-corrected chi connectivity index (χ3v) is 8.38. The number of piperidine rings is 1. The number of nitrogens with one attached hydrogen (secondary N) is 2. The molecule has 4 saturated heterocycles. The van der Waals surface area contributed by atoms with Gasteiger partial charge in [-0.1, -0.05) is 11.6 Å². The molecule has 0 aliphatic carbocycles. The monoisotopic (exact) mass is 512 g/mol. The summed E-state index contributed by atoms with van der Waals surface area (Å²) >= 11 is 6.75. The van der Waals surface area contributed by atoms with Crippen LogP contribution < -0.4 is 15.0 Å². The second-order valence-corrected chi connectivity index (χ2v) is 10.6. The van der Waals surface area contributed by atoms with E-state index < -0.39 is 0 Å². The molecular formula is C26H33ClN6O3. The van der Waals surface area contributed by atoms with Crippen molar-refractivity contribution >= 4 is 35.1 Å². The predicted octanol–water partition coefficient (Wildman–Crippen LogP) is 3.83. The fourth-order valence-electron chi connectivity index (χ4n) is 6.07. The molecule has 1 aromatic heterocycles. The average Bonchev–Trinajstić information content (AvgIpc) is 3.69. The smallest absolute Gasteiger partial charge is 0.320 e. The van der Waals surface area contributed by atoms with Crippen LogP contribution in [0.25, 0.3) is 0 Å². The van der Waals surface area contributed by atoms with Crippen LogP contribution in [0.5, 0.6) is 6.01 Å². The molecule has 2 bridgehead atoms. The number of likely N-dealkylation sites (tertiary alicyclic amines) is 1. The lowest BCUT2D eigenvalue weighted by Crippen LogP contribution is -2.41. The molecule has 5 heterocycles. The van der Waals surface area contributed by atoms with Gasteiger partial charge in [-0.25, -0.2) is 0 Å². The maximum absolute atomic E-state index is 7.98. The highest BCUT2D eigenvalue weighted by Crippen LogP contribution is 2.38. The molecule has 2 N–H and O–H groups in total. The summed E-state index contributed by atoms with van der Waals surface area (Å²) in [4.78, 5) is 14.0. The summed E-state index contributed by atoms with van der Waals surface area (Å²) in [6.07, 6.45) is 5.87. The minimum Gasteiger partial charge on any atom is -0.467 e. The number of hydrogen-bond donors (Lipinski definition) is 2. The van der Waals surface area contributed by atoms with Gasteiger partial charge in [0.05, 0.1) is 32.5 Å². The largest absolute Gasteiger partial charge is 0.467 e. The Bertz CT molecular complexity index is 1120. The molecule has 6 rings (SSSR count). The van der Waals surface area contributed by atoms with Crippen LogP contribution in [-0.4, -0.2) is 85.8 Å². The second-order valence-electron chi connectivity index (χ2n) is 10.2. The number of aromatic nitrogens is 2. The number of rotatable bonds is 7. The number of morpholine rings is 1. The molecule has 0 amide bonds. The SMILES string of the molecule is COc1nc(Nc2cc(C3CCN(C4CCOC4)CC3)c(Cl)cc2C=N)cc(N2CC3CC2CO3)n1. The van der Waals surface area contributed by atoms with Gasteiger partial charge in [-0.2, -0.15) is 9.97 Å². The van der Waals surface area contributed by atoms with E-state index in [4.69, 9.17) is 31.2 Å². The zero-order valence-electron chi connectivity index (χ0n) is 20.6. The van der Waals surface area contributed by atoms with E-state index in [1.165, 1.54) is 6.21 Å². The van der Waals surface area contributed by atoms with Gasteiger partial charge in [0.2, 0.25) is 0 Å². The van der Waals surface area contributed by atoms with Gasteiger partial charge in [0.1, 0.15) is 11.6 Å². The first-order valence-corrected chi connectivity index (χ1v) is 13.2. The molecule has 4 aliphatic heterocycles. The van der Waals surface area contributed by atoms with Crippen molar-refractivity contribution in [1.29, 1.82) is 5.41 Å². The standard InChI is InChI=1S/C26H33ClN6O3/c1-34-26-30-24(11-25(31-26)33-13-20-9-19(33)15-36-20)29-23-10-21(22(27)8-17(23)12-28)16-2-5-32(6-3-16)18-4-7-35-14-18/h8,10-12,16,18-20,28H,2-7,9,13-15H2,1H3,(H,29,30,31). The highest BCUT2D eigenvalue weighted by molar-refractivity contribution is 6.32. The summed E-state index contributed by atoms with van der Waals surface area (Å²) in [5.74, 6) is 1.84. The number of nitrogens with zero attached hydrogens (tertiary/aromatic N) is 4. The molecule has 0 saturated carbocycles. The van der Waals surface area contributed by atoms with Crippen LogP contribution in [-0.2, 0) is 9.47 Å². The number of fused-ring (bicyclic) bond motifs is 2. The molecule has 1 aromatic carbocycles. The van der Waals surface area contributed by atoms with E-state index in [1.807, 2.05) is 12.1 Å². The van der Waals surface area contributed by atoms with Gasteiger partial charge < -0.3 is 29.8 Å². The normalized spacial score (nSPS) is 26.5. The van der Waals surface area contributed by atoms with Gasteiger partial charge in [-0.05, 0) is 62.4 Å². The fraction of sp³-hybridized carbons (Fsp3) is 0.577. The van der Waals surface area contributed by atoms with Crippen LogP contribution in [0.15, 0.2) is 18.2 Å². The summed E-state index contributed by atoms with van der Waals surface area (Å²) < 4.78 is 16.8. The zero-order chi connectivity index (χ0) is 24.6. The van der Waals surface area contributed by atoms with E-state index in [2.05, 4.69) is 31.2 Å². The Morgan fingerprint density at radius 1 is 1.14 bits per heavy atom. The molecule has 4 aliphatic rings. The van der Waals surface area contributed by atoms with E-state index in [0.717, 1.165) is 92.8 Å². The lowest BCUT2D eigenvalue weighted by atomic mass is 9.87. The van der Waals surface area contributed by atoms with Crippen molar-refractivity contribution in [3.8, 4) is 6.01 Å². The van der Waals surface area contributed by atoms with Crippen molar-refractivity contribution < 1.29 is 14.2 Å². The first-order chi connectivity index (χ1) is 17.6. The highest BCUT2D eigenvalue weighted by Gasteiger charge is 2.40. The van der Waals surface area contributed by atoms with E-state index in [0.29, 0.717) is 29.8 Å². The maximum Gasteiger partial charge on any atom is 0.320 e. The Kier molecular flexibility index (Phi) is 6.73. The van der Waals surface area contributed by atoms with Gasteiger partial charge in [0.25, 0.3) is 0 Å². The van der Waals surface area contributed by atoms with Crippen molar-refractivity contribution in [3.63, 3.8) is 0 Å². The van der Waals surface area contributed by atoms with Crippen molar-refractivity contribution in [2.45, 2.75) is 49.8 Å². The second kappa shape index (κ2) is 10.1. The average molecular weight is 513 g/mol. The Hall–Kier alpha value is -2.46. The van der Waals surface area contributed by atoms with Crippen LogP contribution in [0.4, 0.5) is 17.3 Å². The first-order valence-electron chi connectivity index (χ1n) is 12.9. The summed E-state index contributed by atoms with van der Waals surface area (Å²) in [6.45, 7) is 5.39. The van der Waals surface area contributed by atoms with Crippen molar-refractivity contribution in [1.82, 2.24) is 14.9 Å². The van der Waals surface area contributed by atoms with Gasteiger partial charge in [0, 0.05) is 47.7 Å². The summed E-state index contributed by atoms with van der Waals surface area (Å²) in [7, 11) is 1.58. The predicted molar refractivity (Wildman–Crippen MR) is 139 cm³/mol. The Labute approximate surface area is 216 Å². The number of halogens is 1. The molecule has 0 radical (unpaired) electrons. The van der Waals surface area contributed by atoms with Gasteiger partial charge in [-0.15, -0.1) is 0 Å². The van der Waals surface area contributed by atoms with Crippen molar-refractivity contribution in [2.24, 2.45) is 0 Å². The highest BCUT2D eigenvalue weighted by atomic mass is 35.5. The lowest BCUT2D eigenvalue weighted by Gasteiger charge is -2.36. The number of anilines is 3. The molecule has 3 unspecified atom stereocenters. The topological polar surface area (TPSA) is 95.8 Å². The number of benzene rings is 1. The van der Waals surface area contributed by atoms with Crippen LogP contribution in [0.3, 0.4) is 0 Å². The van der Waals surface area contributed by atoms with Gasteiger partial charge in [0.15, 0.2) is 0 Å². The number of hydrogen-bond acceptors (Lipinski definition) is 9. The fourth-order valence-corrected chi connectivity index (χ4v) is 6.39. The molecule has 3 atom stereocenters. The van der Waals surface area contributed by atoms with Gasteiger partial charge in [-0.3, -0.25) is 4.90 Å². The molecule has 36 heavy (non-hydrogen) atoms. The molecule has 192 valence electrons. The number of ether oxygens (including phenoxy) is 3. The number of methoxy groups -OCH3 is 1. The Morgan fingerprint density at radius 3 is 2.67 bits per heavy atom. The van der Waals surface area contributed by atoms with Gasteiger partial charge >= 0.3 is 6.01 Å². The molecule has 4 fully saturated rings. The third kappa shape index (κ3) is 4.65. The van der Waals surface area contributed by atoms with Crippen molar-refractivity contribution in [2.75, 3.05) is 56.8 Å². The van der Waals surface area contributed by atoms with Crippen molar-refractivity contribution in [3.05, 3.63) is 34.3 Å². The van der Waals surface area contributed by atoms with E-state index in [-0.39, 0.29) is 6.10 Å². The molecule has 0 spiro atoms. The van der Waals surface area contributed by atoms with E-state index >= 15 is 0 Å². The summed E-state index contributed by atoms with van der Waals surface area (Å²) in [5, 5.41) is 12.1. The van der Waals surface area contributed by atoms with E-state index in [9.17, 15) is 0 Å². The molecule has 2 aromatic rings.